The van der Waals surface area contributed by atoms with Crippen LogP contribution in [-0.2, 0) is 0 Å². The Balaban J connectivity index is 2.31. The summed E-state index contributed by atoms with van der Waals surface area (Å²) in [6.45, 7) is 0. The molecule has 1 saturated carbocycles. The average Bonchev–Trinajstić information content (AvgIpc) is 2.27. The third-order valence-corrected chi connectivity index (χ3v) is 4.41. The molecule has 2 N–H and O–H groups in total. The highest BCUT2D eigenvalue weighted by Gasteiger charge is 2.20. The van der Waals surface area contributed by atoms with E-state index in [0.717, 1.165) is 15.7 Å². The predicted octanol–water partition coefficient (Wildman–Crippen LogP) is 4.13. The molecule has 0 bridgehead atoms. The van der Waals surface area contributed by atoms with Crippen LogP contribution >= 0.6 is 27.5 Å². The number of pyridine rings is 1. The maximum atomic E-state index is 6.04. The molecule has 0 unspecified atom stereocenters. The minimum atomic E-state index is 0.451. The van der Waals surface area contributed by atoms with E-state index in [1.165, 1.54) is 32.1 Å². The fourth-order valence-electron chi connectivity index (χ4n) is 2.23. The van der Waals surface area contributed by atoms with Gasteiger partial charge in [0.15, 0.2) is 0 Å². The number of nitrogens with zero attached hydrogens (tertiary/aromatic N) is 1. The summed E-state index contributed by atoms with van der Waals surface area (Å²) in [6, 6.07) is 0. The lowest BCUT2D eigenvalue weighted by molar-refractivity contribution is 0.443. The SMILES string of the molecule is Nc1c(C2CCCCC2)cnc(Cl)c1Br. The van der Waals surface area contributed by atoms with Gasteiger partial charge in [0, 0.05) is 6.20 Å². The Labute approximate surface area is 103 Å². The van der Waals surface area contributed by atoms with Gasteiger partial charge in [0.1, 0.15) is 5.15 Å². The molecule has 0 amide bonds. The summed E-state index contributed by atoms with van der Waals surface area (Å²) >= 11 is 9.26. The molecule has 0 aromatic carbocycles. The topological polar surface area (TPSA) is 38.9 Å². The zero-order chi connectivity index (χ0) is 10.8. The first kappa shape index (κ1) is 11.2. The molecule has 0 atom stereocenters. The van der Waals surface area contributed by atoms with Crippen LogP contribution in [0.2, 0.25) is 5.15 Å². The van der Waals surface area contributed by atoms with Crippen LogP contribution in [0.4, 0.5) is 5.69 Å². The van der Waals surface area contributed by atoms with Gasteiger partial charge in [-0.25, -0.2) is 4.98 Å². The standard InChI is InChI=1S/C11H14BrClN2/c12-9-10(14)8(6-15-11(9)13)7-4-2-1-3-5-7/h6-7H,1-5H2,(H2,14,15). The monoisotopic (exact) mass is 288 g/mol. The van der Waals surface area contributed by atoms with Gasteiger partial charge in [0.05, 0.1) is 10.2 Å². The number of halogens is 2. The zero-order valence-corrected chi connectivity index (χ0v) is 10.8. The maximum Gasteiger partial charge on any atom is 0.145 e. The van der Waals surface area contributed by atoms with Gasteiger partial charge in [0.2, 0.25) is 0 Å². The second-order valence-electron chi connectivity index (χ2n) is 4.07. The Hall–Kier alpha value is -0.280. The van der Waals surface area contributed by atoms with Gasteiger partial charge < -0.3 is 5.73 Å². The molecular weight excluding hydrogens is 275 g/mol. The van der Waals surface area contributed by atoms with E-state index in [0.29, 0.717) is 11.1 Å². The second-order valence-corrected chi connectivity index (χ2v) is 5.22. The minimum absolute atomic E-state index is 0.451. The third kappa shape index (κ3) is 2.28. The fourth-order valence-corrected chi connectivity index (χ4v) is 2.71. The van der Waals surface area contributed by atoms with Crippen LogP contribution in [0.1, 0.15) is 43.6 Å². The van der Waals surface area contributed by atoms with E-state index in [1.807, 2.05) is 6.20 Å². The first-order valence-corrected chi connectivity index (χ1v) is 6.46. The van der Waals surface area contributed by atoms with Crippen LogP contribution in [0.15, 0.2) is 10.7 Å². The van der Waals surface area contributed by atoms with Gasteiger partial charge in [0.25, 0.3) is 0 Å². The summed E-state index contributed by atoms with van der Waals surface area (Å²) in [4.78, 5) is 4.15. The van der Waals surface area contributed by atoms with E-state index >= 15 is 0 Å². The lowest BCUT2D eigenvalue weighted by Gasteiger charge is -2.23. The van der Waals surface area contributed by atoms with Crippen molar-refractivity contribution in [1.82, 2.24) is 4.98 Å². The number of hydrogen-bond acceptors (Lipinski definition) is 2. The molecule has 0 aliphatic heterocycles. The second kappa shape index (κ2) is 4.71. The average molecular weight is 290 g/mol. The van der Waals surface area contributed by atoms with Crippen molar-refractivity contribution < 1.29 is 0 Å². The Bertz CT molecular complexity index is 362. The van der Waals surface area contributed by atoms with Crippen LogP contribution in [0.5, 0.6) is 0 Å². The number of anilines is 1. The highest BCUT2D eigenvalue weighted by molar-refractivity contribution is 9.10. The van der Waals surface area contributed by atoms with Crippen molar-refractivity contribution in [3.63, 3.8) is 0 Å². The van der Waals surface area contributed by atoms with Crippen LogP contribution in [0.25, 0.3) is 0 Å². The molecule has 82 valence electrons. The first-order valence-electron chi connectivity index (χ1n) is 5.29. The van der Waals surface area contributed by atoms with E-state index in [-0.39, 0.29) is 0 Å². The number of rotatable bonds is 1. The van der Waals surface area contributed by atoms with E-state index < -0.39 is 0 Å². The van der Waals surface area contributed by atoms with E-state index in [1.54, 1.807) is 0 Å². The number of hydrogen-bond donors (Lipinski definition) is 1. The zero-order valence-electron chi connectivity index (χ0n) is 8.47. The van der Waals surface area contributed by atoms with Crippen molar-refractivity contribution in [2.24, 2.45) is 0 Å². The highest BCUT2D eigenvalue weighted by atomic mass is 79.9. The van der Waals surface area contributed by atoms with Gasteiger partial charge in [-0.05, 0) is 40.3 Å². The minimum Gasteiger partial charge on any atom is -0.397 e. The van der Waals surface area contributed by atoms with Crippen LogP contribution < -0.4 is 5.73 Å². The molecule has 1 aliphatic carbocycles. The molecule has 0 spiro atoms. The van der Waals surface area contributed by atoms with Crippen molar-refractivity contribution in [2.75, 3.05) is 5.73 Å². The molecular formula is C11H14BrClN2. The van der Waals surface area contributed by atoms with Gasteiger partial charge in [-0.15, -0.1) is 0 Å². The molecule has 0 radical (unpaired) electrons. The lowest BCUT2D eigenvalue weighted by Crippen LogP contribution is -2.08. The molecule has 1 fully saturated rings. The van der Waals surface area contributed by atoms with Crippen molar-refractivity contribution in [2.45, 2.75) is 38.0 Å². The van der Waals surface area contributed by atoms with Crippen LogP contribution in [0, 0.1) is 0 Å². The summed E-state index contributed by atoms with van der Waals surface area (Å²) in [5.41, 5.74) is 7.97. The van der Waals surface area contributed by atoms with Gasteiger partial charge >= 0.3 is 0 Å². The molecule has 2 nitrogen and oxygen atoms in total. The first-order chi connectivity index (χ1) is 7.20. The molecule has 15 heavy (non-hydrogen) atoms. The van der Waals surface area contributed by atoms with Crippen LogP contribution in [-0.4, -0.2) is 4.98 Å². The Morgan fingerprint density at radius 3 is 2.67 bits per heavy atom. The Morgan fingerprint density at radius 2 is 2.00 bits per heavy atom. The summed E-state index contributed by atoms with van der Waals surface area (Å²) < 4.78 is 0.743. The van der Waals surface area contributed by atoms with Crippen LogP contribution in [0.3, 0.4) is 0 Å². The normalized spacial score (nSPS) is 18.0. The molecule has 1 aliphatic rings. The molecule has 2 rings (SSSR count). The van der Waals surface area contributed by atoms with Crippen molar-refractivity contribution in [1.29, 1.82) is 0 Å². The number of nitrogens with two attached hydrogens (primary N) is 1. The van der Waals surface area contributed by atoms with Gasteiger partial charge in [-0.1, -0.05) is 30.9 Å². The van der Waals surface area contributed by atoms with Gasteiger partial charge in [-0.3, -0.25) is 0 Å². The summed E-state index contributed by atoms with van der Waals surface area (Å²) in [7, 11) is 0. The highest BCUT2D eigenvalue weighted by Crippen LogP contribution is 2.39. The Kier molecular flexibility index (Phi) is 3.52. The molecule has 4 heteroatoms. The largest absolute Gasteiger partial charge is 0.397 e. The lowest BCUT2D eigenvalue weighted by atomic mass is 9.84. The molecule has 0 saturated heterocycles. The summed E-state index contributed by atoms with van der Waals surface area (Å²) in [5, 5.41) is 0.451. The summed E-state index contributed by atoms with van der Waals surface area (Å²) in [6.07, 6.45) is 8.21. The van der Waals surface area contributed by atoms with Crippen molar-refractivity contribution in [3.05, 3.63) is 21.4 Å². The van der Waals surface area contributed by atoms with E-state index in [9.17, 15) is 0 Å². The quantitative estimate of drug-likeness (QED) is 0.790. The van der Waals surface area contributed by atoms with Gasteiger partial charge in [-0.2, -0.15) is 0 Å². The van der Waals surface area contributed by atoms with E-state index in [4.69, 9.17) is 17.3 Å². The molecule has 1 aromatic heterocycles. The predicted molar refractivity (Wildman–Crippen MR) is 67.2 cm³/mol. The van der Waals surface area contributed by atoms with Crippen molar-refractivity contribution >= 4 is 33.2 Å². The summed E-state index contributed by atoms with van der Waals surface area (Å²) in [5.74, 6) is 0.569. The number of aromatic nitrogens is 1. The smallest absolute Gasteiger partial charge is 0.145 e. The fraction of sp³-hybridized carbons (Fsp3) is 0.545. The third-order valence-electron chi connectivity index (χ3n) is 3.09. The van der Waals surface area contributed by atoms with Crippen molar-refractivity contribution in [3.8, 4) is 0 Å². The number of nitrogen functional groups attached to an aromatic ring is 1. The molecule has 1 heterocycles. The Morgan fingerprint density at radius 1 is 1.33 bits per heavy atom. The van der Waals surface area contributed by atoms with E-state index in [2.05, 4.69) is 20.9 Å². The molecule has 1 aromatic rings. The maximum absolute atomic E-state index is 6.04.